The van der Waals surface area contributed by atoms with Gasteiger partial charge in [-0.15, -0.1) is 12.4 Å². The highest BCUT2D eigenvalue weighted by atomic mass is 35.5. The number of carbonyl (C=O) groups excluding carboxylic acids is 1. The van der Waals surface area contributed by atoms with Gasteiger partial charge in [0, 0.05) is 11.6 Å². The summed E-state index contributed by atoms with van der Waals surface area (Å²) in [7, 11) is 0. The molecule has 22 heavy (non-hydrogen) atoms. The molecule has 1 aromatic rings. The average Bonchev–Trinajstić information content (AvgIpc) is 2.56. The first-order valence-electron chi connectivity index (χ1n) is 8.45. The quantitative estimate of drug-likeness (QED) is 0.892. The number of nitrogens with one attached hydrogen (secondary N) is 2. The molecule has 1 saturated heterocycles. The van der Waals surface area contributed by atoms with E-state index in [4.69, 9.17) is 0 Å². The van der Waals surface area contributed by atoms with E-state index in [2.05, 4.69) is 22.8 Å². The third-order valence-electron chi connectivity index (χ3n) is 4.92. The van der Waals surface area contributed by atoms with Crippen LogP contribution in [0.15, 0.2) is 24.3 Å². The standard InChI is InChI=1S/C18H26N2O.ClH/c21-18(20-15-6-2-1-3-7-15)17-9-5-4-8-16(17)14-10-12-19-13-11-14;/h4-5,8-9,14-15,19H,1-3,6-7,10-13H2,(H,20,21);1H. The minimum absolute atomic E-state index is 0. The maximum Gasteiger partial charge on any atom is 0.251 e. The summed E-state index contributed by atoms with van der Waals surface area (Å²) < 4.78 is 0. The highest BCUT2D eigenvalue weighted by Crippen LogP contribution is 2.28. The van der Waals surface area contributed by atoms with Crippen LogP contribution in [-0.4, -0.2) is 25.0 Å². The second-order valence-electron chi connectivity index (χ2n) is 6.42. The van der Waals surface area contributed by atoms with E-state index in [-0.39, 0.29) is 18.3 Å². The Bertz CT molecular complexity index is 480. The molecule has 2 N–H and O–H groups in total. The molecule has 0 spiro atoms. The number of amides is 1. The maximum atomic E-state index is 12.6. The Balaban J connectivity index is 0.00000176. The van der Waals surface area contributed by atoms with Crippen LogP contribution in [0.5, 0.6) is 0 Å². The fraction of sp³-hybridized carbons (Fsp3) is 0.611. The Morgan fingerprint density at radius 2 is 1.68 bits per heavy atom. The monoisotopic (exact) mass is 322 g/mol. The second-order valence-corrected chi connectivity index (χ2v) is 6.42. The summed E-state index contributed by atoms with van der Waals surface area (Å²) in [5, 5.41) is 6.66. The van der Waals surface area contributed by atoms with Gasteiger partial charge in [0.1, 0.15) is 0 Å². The van der Waals surface area contributed by atoms with Crippen LogP contribution in [0.25, 0.3) is 0 Å². The number of piperidine rings is 1. The van der Waals surface area contributed by atoms with Gasteiger partial charge in [0.25, 0.3) is 5.91 Å². The van der Waals surface area contributed by atoms with Crippen LogP contribution in [0.1, 0.15) is 66.8 Å². The lowest BCUT2D eigenvalue weighted by Gasteiger charge is -2.26. The summed E-state index contributed by atoms with van der Waals surface area (Å²) in [5.74, 6) is 0.663. The van der Waals surface area contributed by atoms with E-state index < -0.39 is 0 Å². The molecule has 2 fully saturated rings. The number of hydrogen-bond acceptors (Lipinski definition) is 2. The smallest absolute Gasteiger partial charge is 0.251 e. The van der Waals surface area contributed by atoms with Crippen molar-refractivity contribution >= 4 is 18.3 Å². The van der Waals surface area contributed by atoms with Crippen LogP contribution in [0.3, 0.4) is 0 Å². The Morgan fingerprint density at radius 3 is 2.41 bits per heavy atom. The average molecular weight is 323 g/mol. The normalized spacial score (nSPS) is 20.2. The molecular weight excluding hydrogens is 296 g/mol. The summed E-state index contributed by atoms with van der Waals surface area (Å²) in [5.41, 5.74) is 2.14. The minimum Gasteiger partial charge on any atom is -0.349 e. The van der Waals surface area contributed by atoms with Gasteiger partial charge in [-0.2, -0.15) is 0 Å². The van der Waals surface area contributed by atoms with Gasteiger partial charge in [-0.05, 0) is 56.3 Å². The predicted molar refractivity (Wildman–Crippen MR) is 92.9 cm³/mol. The van der Waals surface area contributed by atoms with Crippen molar-refractivity contribution in [3.63, 3.8) is 0 Å². The third kappa shape index (κ3) is 4.23. The van der Waals surface area contributed by atoms with Crippen LogP contribution in [0.2, 0.25) is 0 Å². The third-order valence-corrected chi connectivity index (χ3v) is 4.92. The topological polar surface area (TPSA) is 41.1 Å². The highest BCUT2D eigenvalue weighted by molar-refractivity contribution is 5.96. The molecule has 0 unspecified atom stereocenters. The van der Waals surface area contributed by atoms with Crippen molar-refractivity contribution in [3.8, 4) is 0 Å². The lowest BCUT2D eigenvalue weighted by molar-refractivity contribution is 0.0926. The molecule has 0 bridgehead atoms. The van der Waals surface area contributed by atoms with E-state index in [1.165, 1.54) is 24.8 Å². The van der Waals surface area contributed by atoms with Crippen LogP contribution in [-0.2, 0) is 0 Å². The van der Waals surface area contributed by atoms with Gasteiger partial charge >= 0.3 is 0 Å². The Hall–Kier alpha value is -1.06. The molecule has 1 saturated carbocycles. The van der Waals surface area contributed by atoms with Crippen molar-refractivity contribution in [2.75, 3.05) is 13.1 Å². The first-order valence-corrected chi connectivity index (χ1v) is 8.45. The first kappa shape index (κ1) is 17.3. The van der Waals surface area contributed by atoms with Gasteiger partial charge < -0.3 is 10.6 Å². The first-order chi connectivity index (χ1) is 10.3. The maximum absolute atomic E-state index is 12.6. The van der Waals surface area contributed by atoms with E-state index in [1.807, 2.05) is 12.1 Å². The van der Waals surface area contributed by atoms with Crippen molar-refractivity contribution < 1.29 is 4.79 Å². The number of benzene rings is 1. The molecule has 4 heteroatoms. The van der Waals surface area contributed by atoms with Gasteiger partial charge in [0.2, 0.25) is 0 Å². The van der Waals surface area contributed by atoms with Gasteiger partial charge in [-0.1, -0.05) is 37.5 Å². The van der Waals surface area contributed by atoms with Crippen LogP contribution < -0.4 is 10.6 Å². The van der Waals surface area contributed by atoms with Crippen molar-refractivity contribution in [1.29, 1.82) is 0 Å². The minimum atomic E-state index is 0. The SMILES string of the molecule is Cl.O=C(NC1CCCCC1)c1ccccc1C1CCNCC1. The second kappa shape index (κ2) is 8.54. The number of halogens is 1. The van der Waals surface area contributed by atoms with Gasteiger partial charge in [0.15, 0.2) is 0 Å². The Morgan fingerprint density at radius 1 is 1.00 bits per heavy atom. The largest absolute Gasteiger partial charge is 0.349 e. The van der Waals surface area contributed by atoms with Gasteiger partial charge in [0.05, 0.1) is 0 Å². The summed E-state index contributed by atoms with van der Waals surface area (Å²) in [6, 6.07) is 8.57. The molecule has 1 aliphatic carbocycles. The zero-order valence-electron chi connectivity index (χ0n) is 13.1. The van der Waals surface area contributed by atoms with E-state index >= 15 is 0 Å². The Kier molecular flexibility index (Phi) is 6.71. The van der Waals surface area contributed by atoms with Crippen molar-refractivity contribution in [2.45, 2.75) is 56.9 Å². The van der Waals surface area contributed by atoms with Crippen LogP contribution >= 0.6 is 12.4 Å². The highest BCUT2D eigenvalue weighted by Gasteiger charge is 2.22. The molecule has 3 rings (SSSR count). The lowest BCUT2D eigenvalue weighted by Crippen LogP contribution is -2.37. The van der Waals surface area contributed by atoms with Gasteiger partial charge in [-0.3, -0.25) is 4.79 Å². The van der Waals surface area contributed by atoms with Crippen LogP contribution in [0.4, 0.5) is 0 Å². The fourth-order valence-corrected chi connectivity index (χ4v) is 3.70. The molecule has 1 aromatic carbocycles. The molecule has 3 nitrogen and oxygen atoms in total. The molecule has 0 radical (unpaired) electrons. The fourth-order valence-electron chi connectivity index (χ4n) is 3.70. The summed E-state index contributed by atoms with van der Waals surface area (Å²) in [4.78, 5) is 12.6. The van der Waals surface area contributed by atoms with E-state index in [0.717, 1.165) is 44.3 Å². The molecule has 1 amide bonds. The molecule has 0 aromatic heterocycles. The summed E-state index contributed by atoms with van der Waals surface area (Å²) >= 11 is 0. The number of hydrogen-bond donors (Lipinski definition) is 2. The molecule has 1 aliphatic heterocycles. The van der Waals surface area contributed by atoms with Crippen molar-refractivity contribution in [1.82, 2.24) is 10.6 Å². The molecule has 2 aliphatic rings. The van der Waals surface area contributed by atoms with Gasteiger partial charge in [-0.25, -0.2) is 0 Å². The molecule has 0 atom stereocenters. The number of rotatable bonds is 3. The summed E-state index contributed by atoms with van der Waals surface area (Å²) in [6.07, 6.45) is 8.36. The van der Waals surface area contributed by atoms with Crippen molar-refractivity contribution in [3.05, 3.63) is 35.4 Å². The molecule has 1 heterocycles. The van der Waals surface area contributed by atoms with Crippen molar-refractivity contribution in [2.24, 2.45) is 0 Å². The Labute approximate surface area is 139 Å². The van der Waals surface area contributed by atoms with E-state index in [0.29, 0.717) is 12.0 Å². The van der Waals surface area contributed by atoms with E-state index in [1.54, 1.807) is 0 Å². The van der Waals surface area contributed by atoms with E-state index in [9.17, 15) is 4.79 Å². The molecular formula is C18H27ClN2O. The zero-order chi connectivity index (χ0) is 14.5. The zero-order valence-corrected chi connectivity index (χ0v) is 14.0. The predicted octanol–water partition coefficient (Wildman–Crippen LogP) is 3.64. The summed E-state index contributed by atoms with van der Waals surface area (Å²) in [6.45, 7) is 2.12. The number of carbonyl (C=O) groups is 1. The molecule has 122 valence electrons. The lowest BCUT2D eigenvalue weighted by atomic mass is 9.86. The van der Waals surface area contributed by atoms with Crippen LogP contribution in [0, 0.1) is 0 Å².